The molecule has 1 aromatic rings. The molecule has 0 amide bonds. The Morgan fingerprint density at radius 1 is 1.28 bits per heavy atom. The van der Waals surface area contributed by atoms with Crippen LogP contribution in [-0.2, 0) is 11.3 Å². The van der Waals surface area contributed by atoms with Gasteiger partial charge in [0.2, 0.25) is 0 Å². The lowest BCUT2D eigenvalue weighted by molar-refractivity contribution is 0.0925. The molecular weight excluding hydrogens is 246 g/mol. The van der Waals surface area contributed by atoms with Crippen molar-refractivity contribution >= 4 is 12.4 Å². The summed E-state index contributed by atoms with van der Waals surface area (Å²) < 4.78 is 5.76. The summed E-state index contributed by atoms with van der Waals surface area (Å²) in [7, 11) is 0. The van der Waals surface area contributed by atoms with Crippen LogP contribution in [0.1, 0.15) is 37.3 Å². The van der Waals surface area contributed by atoms with Crippen LogP contribution in [0.15, 0.2) is 24.3 Å². The number of nitrogens with one attached hydrogen (secondary N) is 1. The van der Waals surface area contributed by atoms with E-state index >= 15 is 0 Å². The van der Waals surface area contributed by atoms with Crippen molar-refractivity contribution in [2.24, 2.45) is 5.92 Å². The Bertz CT molecular complexity index is 331. The lowest BCUT2D eigenvalue weighted by Crippen LogP contribution is -2.13. The van der Waals surface area contributed by atoms with Crippen molar-refractivity contribution in [1.29, 1.82) is 0 Å². The van der Waals surface area contributed by atoms with Crippen LogP contribution in [0.3, 0.4) is 0 Å². The van der Waals surface area contributed by atoms with Crippen LogP contribution in [0, 0.1) is 5.92 Å². The molecule has 1 N–H and O–H groups in total. The number of benzene rings is 1. The fraction of sp³-hybridized carbons (Fsp3) is 0.600. The molecule has 18 heavy (non-hydrogen) atoms. The summed E-state index contributed by atoms with van der Waals surface area (Å²) in [6.07, 6.45) is 1.26. The van der Waals surface area contributed by atoms with Gasteiger partial charge in [0.25, 0.3) is 0 Å². The summed E-state index contributed by atoms with van der Waals surface area (Å²) in [5.74, 6) is 1.32. The Morgan fingerprint density at radius 2 is 2.00 bits per heavy atom. The topological polar surface area (TPSA) is 21.3 Å². The van der Waals surface area contributed by atoms with Gasteiger partial charge in [-0.2, -0.15) is 0 Å². The molecule has 0 bridgehead atoms. The Hall–Kier alpha value is -0.570. The van der Waals surface area contributed by atoms with E-state index in [2.05, 4.69) is 43.4 Å². The zero-order valence-corrected chi connectivity index (χ0v) is 12.1. The van der Waals surface area contributed by atoms with E-state index in [0.717, 1.165) is 26.3 Å². The Labute approximate surface area is 117 Å². The minimum absolute atomic E-state index is 0. The molecule has 1 heterocycles. The molecule has 102 valence electrons. The predicted molar refractivity (Wildman–Crippen MR) is 78.4 cm³/mol. The monoisotopic (exact) mass is 269 g/mol. The maximum atomic E-state index is 5.76. The molecule has 1 unspecified atom stereocenters. The highest BCUT2D eigenvalue weighted by Crippen LogP contribution is 2.15. The second-order valence-corrected chi connectivity index (χ2v) is 5.27. The van der Waals surface area contributed by atoms with Crippen molar-refractivity contribution in [2.75, 3.05) is 19.7 Å². The normalized spacial score (nSPS) is 18.9. The van der Waals surface area contributed by atoms with Gasteiger partial charge in [0.1, 0.15) is 0 Å². The van der Waals surface area contributed by atoms with Crippen LogP contribution in [0.5, 0.6) is 0 Å². The number of hydrogen-bond donors (Lipinski definition) is 1. The standard InChI is InChI=1S/C15H23NO.ClH/c1-12(2)15-5-3-13(4-6-15)10-17-11-14-7-8-16-9-14;/h3-6,12,14,16H,7-11H2,1-2H3;1H. The van der Waals surface area contributed by atoms with Gasteiger partial charge in [-0.25, -0.2) is 0 Å². The summed E-state index contributed by atoms with van der Waals surface area (Å²) >= 11 is 0. The van der Waals surface area contributed by atoms with Gasteiger partial charge in [0.05, 0.1) is 13.2 Å². The first-order chi connectivity index (χ1) is 8.25. The highest BCUT2D eigenvalue weighted by Gasteiger charge is 2.13. The number of halogens is 1. The smallest absolute Gasteiger partial charge is 0.0717 e. The third kappa shape index (κ3) is 4.60. The van der Waals surface area contributed by atoms with Crippen LogP contribution in [0.4, 0.5) is 0 Å². The molecule has 0 aromatic heterocycles. The highest BCUT2D eigenvalue weighted by molar-refractivity contribution is 5.85. The number of hydrogen-bond acceptors (Lipinski definition) is 2. The third-order valence-corrected chi connectivity index (χ3v) is 3.43. The van der Waals surface area contributed by atoms with Crippen molar-refractivity contribution in [2.45, 2.75) is 32.8 Å². The Morgan fingerprint density at radius 3 is 2.56 bits per heavy atom. The van der Waals surface area contributed by atoms with Crippen molar-refractivity contribution in [3.8, 4) is 0 Å². The SMILES string of the molecule is CC(C)c1ccc(COCC2CCNC2)cc1.Cl. The first-order valence-corrected chi connectivity index (χ1v) is 6.63. The van der Waals surface area contributed by atoms with Crippen LogP contribution < -0.4 is 5.32 Å². The molecule has 1 saturated heterocycles. The van der Waals surface area contributed by atoms with Gasteiger partial charge in [0.15, 0.2) is 0 Å². The molecule has 2 rings (SSSR count). The van der Waals surface area contributed by atoms with E-state index in [0.29, 0.717) is 11.8 Å². The van der Waals surface area contributed by atoms with Gasteiger partial charge in [0, 0.05) is 6.54 Å². The van der Waals surface area contributed by atoms with E-state index in [1.165, 1.54) is 17.5 Å². The zero-order valence-electron chi connectivity index (χ0n) is 11.3. The van der Waals surface area contributed by atoms with Crippen LogP contribution in [0.25, 0.3) is 0 Å². The fourth-order valence-electron chi connectivity index (χ4n) is 2.20. The van der Waals surface area contributed by atoms with E-state index < -0.39 is 0 Å². The summed E-state index contributed by atoms with van der Waals surface area (Å²) in [6.45, 7) is 8.34. The van der Waals surface area contributed by atoms with Gasteiger partial charge < -0.3 is 10.1 Å². The maximum absolute atomic E-state index is 5.76. The van der Waals surface area contributed by atoms with Crippen LogP contribution >= 0.6 is 12.4 Å². The van der Waals surface area contributed by atoms with Gasteiger partial charge in [-0.05, 0) is 35.9 Å². The Kier molecular flexibility index (Phi) is 6.69. The van der Waals surface area contributed by atoms with Crippen molar-refractivity contribution in [3.05, 3.63) is 35.4 Å². The summed E-state index contributed by atoms with van der Waals surface area (Å²) in [5, 5.41) is 3.36. The molecule has 3 heteroatoms. The maximum Gasteiger partial charge on any atom is 0.0717 e. The average molecular weight is 270 g/mol. The molecule has 1 fully saturated rings. The fourth-order valence-corrected chi connectivity index (χ4v) is 2.20. The molecule has 0 spiro atoms. The van der Waals surface area contributed by atoms with Crippen molar-refractivity contribution in [1.82, 2.24) is 5.32 Å². The minimum atomic E-state index is 0. The number of rotatable bonds is 5. The van der Waals surface area contributed by atoms with Crippen LogP contribution in [-0.4, -0.2) is 19.7 Å². The zero-order chi connectivity index (χ0) is 12.1. The van der Waals surface area contributed by atoms with Crippen molar-refractivity contribution < 1.29 is 4.74 Å². The predicted octanol–water partition coefficient (Wildman–Crippen LogP) is 3.36. The second-order valence-electron chi connectivity index (χ2n) is 5.27. The van der Waals surface area contributed by atoms with Gasteiger partial charge in [-0.1, -0.05) is 38.1 Å². The first kappa shape index (κ1) is 15.5. The van der Waals surface area contributed by atoms with E-state index in [-0.39, 0.29) is 12.4 Å². The third-order valence-electron chi connectivity index (χ3n) is 3.43. The molecule has 1 atom stereocenters. The highest BCUT2D eigenvalue weighted by atomic mass is 35.5. The average Bonchev–Trinajstić information content (AvgIpc) is 2.83. The first-order valence-electron chi connectivity index (χ1n) is 6.63. The van der Waals surface area contributed by atoms with Crippen LogP contribution in [0.2, 0.25) is 0 Å². The Balaban J connectivity index is 0.00000162. The van der Waals surface area contributed by atoms with Gasteiger partial charge >= 0.3 is 0 Å². The second kappa shape index (κ2) is 7.78. The largest absolute Gasteiger partial charge is 0.376 e. The van der Waals surface area contributed by atoms with Crippen molar-refractivity contribution in [3.63, 3.8) is 0 Å². The molecule has 0 radical (unpaired) electrons. The van der Waals surface area contributed by atoms with Gasteiger partial charge in [-0.3, -0.25) is 0 Å². The van der Waals surface area contributed by atoms with E-state index in [1.807, 2.05) is 0 Å². The molecular formula is C15H24ClNO. The molecule has 0 saturated carbocycles. The summed E-state index contributed by atoms with van der Waals surface area (Å²) in [4.78, 5) is 0. The quantitative estimate of drug-likeness (QED) is 0.885. The molecule has 2 nitrogen and oxygen atoms in total. The summed E-state index contributed by atoms with van der Waals surface area (Å²) in [5.41, 5.74) is 2.68. The summed E-state index contributed by atoms with van der Waals surface area (Å²) in [6, 6.07) is 8.78. The molecule has 0 aliphatic carbocycles. The van der Waals surface area contributed by atoms with E-state index in [9.17, 15) is 0 Å². The van der Waals surface area contributed by atoms with Gasteiger partial charge in [-0.15, -0.1) is 12.4 Å². The molecule has 1 aromatic carbocycles. The molecule has 1 aliphatic heterocycles. The lowest BCUT2D eigenvalue weighted by atomic mass is 10.0. The number of ether oxygens (including phenoxy) is 1. The van der Waals surface area contributed by atoms with E-state index in [1.54, 1.807) is 0 Å². The minimum Gasteiger partial charge on any atom is -0.376 e. The lowest BCUT2D eigenvalue weighted by Gasteiger charge is -2.10. The van der Waals surface area contributed by atoms with E-state index in [4.69, 9.17) is 4.74 Å². The molecule has 1 aliphatic rings.